The molecule has 0 spiro atoms. The number of halogens is 1. The monoisotopic (exact) mass is 445 g/mol. The van der Waals surface area contributed by atoms with Gasteiger partial charge in [-0.1, -0.05) is 6.07 Å². The lowest BCUT2D eigenvalue weighted by atomic mass is 10.1. The molecule has 1 aliphatic heterocycles. The molecular formula is C23H28FN3O5. The normalized spacial score (nSPS) is 16.2. The molecule has 2 amide bonds. The van der Waals surface area contributed by atoms with Crippen LogP contribution in [0.2, 0.25) is 0 Å². The van der Waals surface area contributed by atoms with Crippen molar-refractivity contribution in [3.05, 3.63) is 53.3 Å². The van der Waals surface area contributed by atoms with Gasteiger partial charge in [0.15, 0.2) is 0 Å². The van der Waals surface area contributed by atoms with E-state index in [0.29, 0.717) is 35.9 Å². The summed E-state index contributed by atoms with van der Waals surface area (Å²) >= 11 is 0. The van der Waals surface area contributed by atoms with E-state index in [1.165, 1.54) is 13.2 Å². The number of piperazine rings is 1. The summed E-state index contributed by atoms with van der Waals surface area (Å²) in [7, 11) is 4.58. The van der Waals surface area contributed by atoms with Gasteiger partial charge in [0.2, 0.25) is 11.8 Å². The van der Waals surface area contributed by atoms with E-state index in [1.54, 1.807) is 44.6 Å². The van der Waals surface area contributed by atoms with Crippen molar-refractivity contribution in [3.8, 4) is 17.2 Å². The Morgan fingerprint density at radius 3 is 2.41 bits per heavy atom. The molecule has 1 saturated heterocycles. The molecule has 0 bridgehead atoms. The number of ether oxygens (including phenoxy) is 3. The summed E-state index contributed by atoms with van der Waals surface area (Å²) in [4.78, 5) is 26.9. The minimum absolute atomic E-state index is 0.0370. The van der Waals surface area contributed by atoms with E-state index >= 15 is 0 Å². The van der Waals surface area contributed by atoms with E-state index in [0.717, 1.165) is 5.56 Å². The average molecular weight is 445 g/mol. The van der Waals surface area contributed by atoms with Crippen molar-refractivity contribution < 1.29 is 28.2 Å². The maximum Gasteiger partial charge on any atom is 0.237 e. The molecule has 0 aliphatic carbocycles. The number of nitrogens with zero attached hydrogens (tertiary/aromatic N) is 1. The molecule has 2 aromatic carbocycles. The highest BCUT2D eigenvalue weighted by Gasteiger charge is 2.32. The summed E-state index contributed by atoms with van der Waals surface area (Å²) < 4.78 is 29.9. The Hall–Kier alpha value is -3.33. The number of nitrogens with one attached hydrogen (secondary N) is 2. The Labute approximate surface area is 186 Å². The molecule has 3 rings (SSSR count). The number of rotatable bonds is 9. The van der Waals surface area contributed by atoms with Crippen LogP contribution in [-0.2, 0) is 22.7 Å². The summed E-state index contributed by atoms with van der Waals surface area (Å²) in [5.41, 5.74) is 1.24. The van der Waals surface area contributed by atoms with Crippen LogP contribution in [0.3, 0.4) is 0 Å². The highest BCUT2D eigenvalue weighted by Crippen LogP contribution is 2.23. The van der Waals surface area contributed by atoms with E-state index < -0.39 is 11.9 Å². The van der Waals surface area contributed by atoms with Gasteiger partial charge < -0.3 is 24.8 Å². The second-order valence-corrected chi connectivity index (χ2v) is 7.44. The lowest BCUT2D eigenvalue weighted by Crippen LogP contribution is -2.56. The molecule has 1 heterocycles. The van der Waals surface area contributed by atoms with E-state index in [9.17, 15) is 14.0 Å². The SMILES string of the molecule is COc1cc(CNC(=O)C[C@@H]2C(=O)NCCN2Cc2ccc(OC)cc2F)cc(OC)c1. The van der Waals surface area contributed by atoms with E-state index in [-0.39, 0.29) is 31.3 Å². The average Bonchev–Trinajstić information content (AvgIpc) is 2.80. The summed E-state index contributed by atoms with van der Waals surface area (Å²) in [6.07, 6.45) is -0.0370. The van der Waals surface area contributed by atoms with Gasteiger partial charge in [-0.2, -0.15) is 0 Å². The van der Waals surface area contributed by atoms with Crippen LogP contribution in [0.4, 0.5) is 4.39 Å². The van der Waals surface area contributed by atoms with Crippen molar-refractivity contribution in [2.75, 3.05) is 34.4 Å². The zero-order valence-electron chi connectivity index (χ0n) is 18.4. The zero-order valence-corrected chi connectivity index (χ0v) is 18.4. The van der Waals surface area contributed by atoms with Crippen LogP contribution in [-0.4, -0.2) is 57.2 Å². The number of amides is 2. The molecule has 1 fully saturated rings. The predicted molar refractivity (Wildman–Crippen MR) is 116 cm³/mol. The second kappa shape index (κ2) is 10.8. The predicted octanol–water partition coefficient (Wildman–Crippen LogP) is 1.86. The smallest absolute Gasteiger partial charge is 0.237 e. The lowest BCUT2D eigenvalue weighted by molar-refractivity contribution is -0.134. The summed E-state index contributed by atoms with van der Waals surface area (Å²) in [6, 6.07) is 9.27. The van der Waals surface area contributed by atoms with Crippen LogP contribution in [0.5, 0.6) is 17.2 Å². The van der Waals surface area contributed by atoms with Crippen LogP contribution in [0.1, 0.15) is 17.5 Å². The zero-order chi connectivity index (χ0) is 23.1. The molecule has 0 saturated carbocycles. The molecule has 9 heteroatoms. The van der Waals surface area contributed by atoms with Gasteiger partial charge in [-0.15, -0.1) is 0 Å². The number of benzene rings is 2. The Balaban J connectivity index is 1.64. The first kappa shape index (κ1) is 23.3. The van der Waals surface area contributed by atoms with Crippen molar-refractivity contribution in [1.29, 1.82) is 0 Å². The van der Waals surface area contributed by atoms with Crippen molar-refractivity contribution in [2.45, 2.75) is 25.6 Å². The molecule has 2 aromatic rings. The van der Waals surface area contributed by atoms with Gasteiger partial charge in [0.25, 0.3) is 0 Å². The van der Waals surface area contributed by atoms with Gasteiger partial charge in [0, 0.05) is 43.9 Å². The first-order valence-corrected chi connectivity index (χ1v) is 10.3. The highest BCUT2D eigenvalue weighted by molar-refractivity contribution is 5.88. The summed E-state index contributed by atoms with van der Waals surface area (Å²) in [6.45, 7) is 1.43. The number of carbonyl (C=O) groups is 2. The van der Waals surface area contributed by atoms with E-state index in [2.05, 4.69) is 10.6 Å². The van der Waals surface area contributed by atoms with Gasteiger partial charge >= 0.3 is 0 Å². The van der Waals surface area contributed by atoms with Gasteiger partial charge in [-0.3, -0.25) is 14.5 Å². The minimum Gasteiger partial charge on any atom is -0.497 e. The number of hydrogen-bond donors (Lipinski definition) is 2. The number of methoxy groups -OCH3 is 3. The highest BCUT2D eigenvalue weighted by atomic mass is 19.1. The molecule has 1 atom stereocenters. The van der Waals surface area contributed by atoms with Crippen molar-refractivity contribution in [2.24, 2.45) is 0 Å². The molecule has 2 N–H and O–H groups in total. The number of hydrogen-bond acceptors (Lipinski definition) is 6. The minimum atomic E-state index is -0.690. The summed E-state index contributed by atoms with van der Waals surface area (Å²) in [5.74, 6) is 0.719. The fourth-order valence-corrected chi connectivity index (χ4v) is 3.59. The quantitative estimate of drug-likeness (QED) is 0.613. The van der Waals surface area contributed by atoms with Crippen LogP contribution >= 0.6 is 0 Å². The van der Waals surface area contributed by atoms with Crippen LogP contribution in [0.25, 0.3) is 0 Å². The van der Waals surface area contributed by atoms with Gasteiger partial charge in [-0.25, -0.2) is 4.39 Å². The molecular weight excluding hydrogens is 417 g/mol. The molecule has 172 valence electrons. The Bertz CT molecular complexity index is 946. The standard InChI is InChI=1S/C23H28FN3O5/c1-30-17-5-4-16(20(24)11-17)14-27-7-6-25-23(29)21(27)12-22(28)26-13-15-8-18(31-2)10-19(9-15)32-3/h4-5,8-11,21H,6-7,12-14H2,1-3H3,(H,25,29)(H,26,28)/t21-/m1/s1. The molecule has 0 aromatic heterocycles. The van der Waals surface area contributed by atoms with E-state index in [4.69, 9.17) is 14.2 Å². The van der Waals surface area contributed by atoms with E-state index in [1.807, 2.05) is 4.90 Å². The first-order valence-electron chi connectivity index (χ1n) is 10.3. The summed E-state index contributed by atoms with van der Waals surface area (Å²) in [5, 5.41) is 5.62. The second-order valence-electron chi connectivity index (χ2n) is 7.44. The Kier molecular flexibility index (Phi) is 7.88. The number of carbonyl (C=O) groups excluding carboxylic acids is 2. The van der Waals surface area contributed by atoms with Crippen LogP contribution in [0, 0.1) is 5.82 Å². The largest absolute Gasteiger partial charge is 0.497 e. The van der Waals surface area contributed by atoms with Gasteiger partial charge in [0.1, 0.15) is 23.1 Å². The van der Waals surface area contributed by atoms with Crippen molar-refractivity contribution >= 4 is 11.8 Å². The van der Waals surface area contributed by atoms with Gasteiger partial charge in [-0.05, 0) is 23.8 Å². The molecule has 0 unspecified atom stereocenters. The third-order valence-electron chi connectivity index (χ3n) is 5.35. The van der Waals surface area contributed by atoms with Crippen molar-refractivity contribution in [1.82, 2.24) is 15.5 Å². The first-order chi connectivity index (χ1) is 15.4. The third-order valence-corrected chi connectivity index (χ3v) is 5.35. The fourth-order valence-electron chi connectivity index (χ4n) is 3.59. The molecule has 1 aliphatic rings. The molecule has 32 heavy (non-hydrogen) atoms. The van der Waals surface area contributed by atoms with Gasteiger partial charge in [0.05, 0.1) is 33.8 Å². The molecule has 8 nitrogen and oxygen atoms in total. The third kappa shape index (κ3) is 5.88. The fraction of sp³-hybridized carbons (Fsp3) is 0.391. The Morgan fingerprint density at radius 1 is 1.09 bits per heavy atom. The maximum atomic E-state index is 14.4. The van der Waals surface area contributed by atoms with Crippen LogP contribution in [0.15, 0.2) is 36.4 Å². The van der Waals surface area contributed by atoms with Crippen LogP contribution < -0.4 is 24.8 Å². The Morgan fingerprint density at radius 2 is 1.78 bits per heavy atom. The molecule has 0 radical (unpaired) electrons. The lowest BCUT2D eigenvalue weighted by Gasteiger charge is -2.34. The maximum absolute atomic E-state index is 14.4. The van der Waals surface area contributed by atoms with Crippen molar-refractivity contribution in [3.63, 3.8) is 0 Å². The topological polar surface area (TPSA) is 89.1 Å².